The number of nitrogens with one attached hydrogen (secondary N) is 1. The van der Waals surface area contributed by atoms with Gasteiger partial charge in [0.25, 0.3) is 0 Å². The molecule has 0 bridgehead atoms. The summed E-state index contributed by atoms with van der Waals surface area (Å²) in [5.74, 6) is 1.65. The maximum atomic E-state index is 12.1. The minimum atomic E-state index is -0.644. The summed E-state index contributed by atoms with van der Waals surface area (Å²) in [6.07, 6.45) is 1.23. The van der Waals surface area contributed by atoms with Crippen molar-refractivity contribution in [1.29, 1.82) is 0 Å². The first-order valence-electron chi connectivity index (χ1n) is 9.32. The van der Waals surface area contributed by atoms with E-state index < -0.39 is 11.1 Å². The van der Waals surface area contributed by atoms with Crippen LogP contribution in [0.1, 0.15) is 24.8 Å². The van der Waals surface area contributed by atoms with Crippen LogP contribution in [0.3, 0.4) is 0 Å². The zero-order valence-electron chi connectivity index (χ0n) is 16.1. The topological polar surface area (TPSA) is 103 Å². The van der Waals surface area contributed by atoms with Gasteiger partial charge in [-0.3, -0.25) is 9.59 Å². The summed E-state index contributed by atoms with van der Waals surface area (Å²) in [5.41, 5.74) is 1.71. The van der Waals surface area contributed by atoms with Crippen molar-refractivity contribution >= 4 is 11.0 Å². The molecule has 4 aromatic rings. The highest BCUT2D eigenvalue weighted by Gasteiger charge is 2.13. The molecule has 0 fully saturated rings. The van der Waals surface area contributed by atoms with Crippen molar-refractivity contribution in [3.8, 4) is 17.1 Å². The summed E-state index contributed by atoms with van der Waals surface area (Å²) in [5, 5.41) is 4.05. The van der Waals surface area contributed by atoms with Gasteiger partial charge in [-0.2, -0.15) is 4.98 Å². The molecule has 8 heteroatoms. The number of H-pyrrole nitrogens is 1. The molecule has 0 amide bonds. The maximum Gasteiger partial charge on any atom is 0.316 e. The average molecular weight is 392 g/mol. The molecule has 0 aliphatic rings. The fraction of sp³-hybridized carbons (Fsp3) is 0.238. The second-order valence-electron chi connectivity index (χ2n) is 6.68. The molecule has 4 rings (SSSR count). The van der Waals surface area contributed by atoms with E-state index in [9.17, 15) is 9.59 Å². The van der Waals surface area contributed by atoms with Crippen LogP contribution in [0, 0.1) is 0 Å². The summed E-state index contributed by atoms with van der Waals surface area (Å²) >= 11 is 0. The highest BCUT2D eigenvalue weighted by molar-refractivity contribution is 5.80. The number of methoxy groups -OCH3 is 1. The summed E-state index contributed by atoms with van der Waals surface area (Å²) in [6, 6.07) is 13.0. The molecule has 2 heterocycles. The van der Waals surface area contributed by atoms with Crippen LogP contribution < -0.4 is 15.9 Å². The molecule has 2 aromatic carbocycles. The van der Waals surface area contributed by atoms with Gasteiger partial charge in [0, 0.05) is 12.1 Å². The quantitative estimate of drug-likeness (QED) is 0.506. The van der Waals surface area contributed by atoms with Crippen LogP contribution in [0.25, 0.3) is 22.4 Å². The Kier molecular flexibility index (Phi) is 4.99. The Hall–Kier alpha value is -3.68. The van der Waals surface area contributed by atoms with Gasteiger partial charge in [-0.05, 0) is 42.3 Å². The van der Waals surface area contributed by atoms with Crippen LogP contribution in [-0.2, 0) is 13.0 Å². The predicted octanol–water partition coefficient (Wildman–Crippen LogP) is 2.75. The van der Waals surface area contributed by atoms with Crippen molar-refractivity contribution in [1.82, 2.24) is 19.7 Å². The summed E-state index contributed by atoms with van der Waals surface area (Å²) < 4.78 is 12.1. The van der Waals surface area contributed by atoms with E-state index >= 15 is 0 Å². The number of benzene rings is 2. The van der Waals surface area contributed by atoms with E-state index in [-0.39, 0.29) is 0 Å². The van der Waals surface area contributed by atoms with Gasteiger partial charge in [-0.1, -0.05) is 24.2 Å². The van der Waals surface area contributed by atoms with Crippen LogP contribution in [-0.4, -0.2) is 26.8 Å². The molecule has 0 aliphatic heterocycles. The lowest BCUT2D eigenvalue weighted by molar-refractivity contribution is 0.385. The average Bonchev–Trinajstić information content (AvgIpc) is 3.19. The number of fused-ring (bicyclic) bond motifs is 1. The third-order valence-corrected chi connectivity index (χ3v) is 4.64. The third-order valence-electron chi connectivity index (χ3n) is 4.64. The first-order valence-corrected chi connectivity index (χ1v) is 9.32. The minimum Gasteiger partial charge on any atom is -0.497 e. The van der Waals surface area contributed by atoms with E-state index in [0.29, 0.717) is 41.3 Å². The van der Waals surface area contributed by atoms with Crippen molar-refractivity contribution in [3.63, 3.8) is 0 Å². The lowest BCUT2D eigenvalue weighted by atomic mass is 10.1. The van der Waals surface area contributed by atoms with Crippen LogP contribution >= 0.6 is 0 Å². The summed E-state index contributed by atoms with van der Waals surface area (Å²) in [7, 11) is 1.62. The smallest absolute Gasteiger partial charge is 0.316 e. The van der Waals surface area contributed by atoms with Crippen LogP contribution in [0.4, 0.5) is 0 Å². The summed E-state index contributed by atoms with van der Waals surface area (Å²) in [4.78, 5) is 31.2. The van der Waals surface area contributed by atoms with Crippen LogP contribution in [0.2, 0.25) is 0 Å². The summed E-state index contributed by atoms with van der Waals surface area (Å²) in [6.45, 7) is 2.43. The molecule has 29 heavy (non-hydrogen) atoms. The zero-order valence-corrected chi connectivity index (χ0v) is 16.1. The normalized spacial score (nSPS) is 11.1. The molecule has 0 saturated heterocycles. The SMILES string of the molecule is CCCn1c(=O)c(=O)[nH]c2cc(-c3noc(Cc4cccc(OC)c4)n3)ccc21. The van der Waals surface area contributed by atoms with Gasteiger partial charge < -0.3 is 18.8 Å². The number of rotatable bonds is 6. The third kappa shape index (κ3) is 3.69. The lowest BCUT2D eigenvalue weighted by Crippen LogP contribution is -2.36. The molecular formula is C21H20N4O4. The van der Waals surface area contributed by atoms with Gasteiger partial charge >= 0.3 is 11.1 Å². The standard InChI is InChI=1S/C21H20N4O4/c1-3-9-25-17-8-7-14(12-16(17)22-20(26)21(25)27)19-23-18(29-24-19)11-13-5-4-6-15(10-13)28-2/h4-8,10,12H,3,9,11H2,1-2H3,(H,22,26). The Morgan fingerprint density at radius 1 is 1.17 bits per heavy atom. The number of nitrogens with zero attached hydrogens (tertiary/aromatic N) is 3. The number of aromatic nitrogens is 4. The van der Waals surface area contributed by atoms with Gasteiger partial charge in [0.2, 0.25) is 11.7 Å². The first kappa shape index (κ1) is 18.7. The fourth-order valence-electron chi connectivity index (χ4n) is 3.26. The van der Waals surface area contributed by atoms with Crippen molar-refractivity contribution in [2.75, 3.05) is 7.11 Å². The van der Waals surface area contributed by atoms with Crippen LogP contribution in [0.15, 0.2) is 56.6 Å². The van der Waals surface area contributed by atoms with E-state index in [0.717, 1.165) is 17.7 Å². The Morgan fingerprint density at radius 3 is 2.83 bits per heavy atom. The first-order chi connectivity index (χ1) is 14.1. The highest BCUT2D eigenvalue weighted by Crippen LogP contribution is 2.22. The van der Waals surface area contributed by atoms with Gasteiger partial charge in [0.1, 0.15) is 5.75 Å². The second kappa shape index (κ2) is 7.75. The van der Waals surface area contributed by atoms with Gasteiger partial charge in [0.05, 0.1) is 24.6 Å². The molecule has 2 aromatic heterocycles. The zero-order chi connectivity index (χ0) is 20.4. The Labute approximate surface area is 165 Å². The monoisotopic (exact) mass is 392 g/mol. The molecular weight excluding hydrogens is 372 g/mol. The van der Waals surface area contributed by atoms with Crippen molar-refractivity contribution in [2.45, 2.75) is 26.3 Å². The van der Waals surface area contributed by atoms with E-state index in [1.54, 1.807) is 19.2 Å². The molecule has 0 aliphatic carbocycles. The Morgan fingerprint density at radius 2 is 2.03 bits per heavy atom. The number of aryl methyl sites for hydroxylation is 1. The predicted molar refractivity (Wildman–Crippen MR) is 108 cm³/mol. The molecule has 0 atom stereocenters. The second-order valence-corrected chi connectivity index (χ2v) is 6.68. The number of hydrogen-bond acceptors (Lipinski definition) is 6. The van der Waals surface area contributed by atoms with E-state index in [1.807, 2.05) is 37.3 Å². The molecule has 0 spiro atoms. The fourth-order valence-corrected chi connectivity index (χ4v) is 3.26. The van der Waals surface area contributed by atoms with E-state index in [2.05, 4.69) is 15.1 Å². The lowest BCUT2D eigenvalue weighted by Gasteiger charge is -2.08. The molecule has 1 N–H and O–H groups in total. The Bertz CT molecular complexity index is 1290. The number of ether oxygens (including phenoxy) is 1. The molecule has 0 saturated carbocycles. The van der Waals surface area contributed by atoms with Crippen LogP contribution in [0.5, 0.6) is 5.75 Å². The van der Waals surface area contributed by atoms with Gasteiger partial charge in [-0.15, -0.1) is 0 Å². The van der Waals surface area contributed by atoms with Crippen molar-refractivity contribution < 1.29 is 9.26 Å². The van der Waals surface area contributed by atoms with Crippen molar-refractivity contribution in [2.24, 2.45) is 0 Å². The van der Waals surface area contributed by atoms with E-state index in [1.165, 1.54) is 4.57 Å². The highest BCUT2D eigenvalue weighted by atomic mass is 16.5. The minimum absolute atomic E-state index is 0.416. The number of aromatic amines is 1. The molecule has 0 unspecified atom stereocenters. The molecule has 0 radical (unpaired) electrons. The van der Waals surface area contributed by atoms with Crippen molar-refractivity contribution in [3.05, 3.63) is 74.6 Å². The molecule has 148 valence electrons. The largest absolute Gasteiger partial charge is 0.497 e. The maximum absolute atomic E-state index is 12.1. The van der Waals surface area contributed by atoms with Gasteiger partial charge in [-0.25, -0.2) is 0 Å². The van der Waals surface area contributed by atoms with E-state index in [4.69, 9.17) is 9.26 Å². The van der Waals surface area contributed by atoms with Gasteiger partial charge in [0.15, 0.2) is 0 Å². The number of hydrogen-bond donors (Lipinski definition) is 1. The Balaban J connectivity index is 1.68. The molecule has 8 nitrogen and oxygen atoms in total.